The number of piperidine rings is 1. The van der Waals surface area contributed by atoms with Crippen molar-refractivity contribution >= 4 is 21.4 Å². The summed E-state index contributed by atoms with van der Waals surface area (Å²) >= 11 is 1.80. The Hall–Kier alpha value is -1.41. The minimum atomic E-state index is -3.57. The standard InChI is InChI=1S/C22H30N2O3S2/c1-18(2)14-24-16-22(9-11-23(12-10-22)15-19-6-5-13-28-19)17-27-20-7-3-4-8-21(20)29(24,25)26/h3-8,13,18H,9-12,14-17H2,1-2H3. The molecule has 2 aliphatic rings. The highest BCUT2D eigenvalue weighted by molar-refractivity contribution is 7.89. The van der Waals surface area contributed by atoms with Crippen molar-refractivity contribution in [2.75, 3.05) is 32.8 Å². The molecule has 0 unspecified atom stereocenters. The lowest BCUT2D eigenvalue weighted by Crippen LogP contribution is -2.52. The normalized spacial score (nSPS) is 22.0. The van der Waals surface area contributed by atoms with Crippen molar-refractivity contribution in [1.82, 2.24) is 9.21 Å². The third kappa shape index (κ3) is 4.53. The van der Waals surface area contributed by atoms with Crippen molar-refractivity contribution in [3.8, 4) is 5.75 Å². The number of hydrogen-bond donors (Lipinski definition) is 0. The van der Waals surface area contributed by atoms with Crippen molar-refractivity contribution < 1.29 is 13.2 Å². The van der Waals surface area contributed by atoms with E-state index in [9.17, 15) is 8.42 Å². The lowest BCUT2D eigenvalue weighted by atomic mass is 9.78. The Morgan fingerprint density at radius 2 is 1.90 bits per heavy atom. The zero-order valence-electron chi connectivity index (χ0n) is 17.2. The molecule has 0 atom stereocenters. The van der Waals surface area contributed by atoms with Crippen LogP contribution in [-0.2, 0) is 16.6 Å². The van der Waals surface area contributed by atoms with Gasteiger partial charge < -0.3 is 4.74 Å². The first-order valence-corrected chi connectivity index (χ1v) is 12.7. The van der Waals surface area contributed by atoms with Gasteiger partial charge in [-0.05, 0) is 55.4 Å². The van der Waals surface area contributed by atoms with E-state index in [0.29, 0.717) is 30.3 Å². The monoisotopic (exact) mass is 434 g/mol. The van der Waals surface area contributed by atoms with Crippen LogP contribution in [0.5, 0.6) is 5.75 Å². The molecule has 1 aromatic heterocycles. The molecule has 29 heavy (non-hydrogen) atoms. The maximum Gasteiger partial charge on any atom is 0.246 e. The van der Waals surface area contributed by atoms with Gasteiger partial charge in [-0.2, -0.15) is 4.31 Å². The van der Waals surface area contributed by atoms with E-state index in [1.807, 2.05) is 6.07 Å². The van der Waals surface area contributed by atoms with Gasteiger partial charge in [0.25, 0.3) is 0 Å². The van der Waals surface area contributed by atoms with Crippen molar-refractivity contribution in [3.63, 3.8) is 0 Å². The molecule has 0 amide bonds. The van der Waals surface area contributed by atoms with E-state index in [-0.39, 0.29) is 11.3 Å². The molecule has 0 saturated carbocycles. The molecule has 1 fully saturated rings. The third-order valence-corrected chi connectivity index (χ3v) is 8.67. The highest BCUT2D eigenvalue weighted by Crippen LogP contribution is 2.39. The Morgan fingerprint density at radius 1 is 1.14 bits per heavy atom. The first kappa shape index (κ1) is 20.8. The molecule has 0 bridgehead atoms. The number of hydrogen-bond acceptors (Lipinski definition) is 5. The van der Waals surface area contributed by atoms with Gasteiger partial charge in [-0.25, -0.2) is 8.42 Å². The molecule has 1 saturated heterocycles. The molecule has 7 heteroatoms. The summed E-state index contributed by atoms with van der Waals surface area (Å²) in [5, 5.41) is 2.12. The van der Waals surface area contributed by atoms with Gasteiger partial charge >= 0.3 is 0 Å². The molecular formula is C22H30N2O3S2. The minimum Gasteiger partial charge on any atom is -0.492 e. The first-order chi connectivity index (χ1) is 13.9. The molecule has 2 aromatic rings. The molecule has 2 aliphatic heterocycles. The summed E-state index contributed by atoms with van der Waals surface area (Å²) in [4.78, 5) is 4.16. The summed E-state index contributed by atoms with van der Waals surface area (Å²) in [6.07, 6.45) is 1.90. The Kier molecular flexibility index (Phi) is 6.02. The summed E-state index contributed by atoms with van der Waals surface area (Å²) in [6.45, 7) is 8.72. The minimum absolute atomic E-state index is 0.137. The molecule has 0 radical (unpaired) electrons. The van der Waals surface area contributed by atoms with Crippen molar-refractivity contribution in [1.29, 1.82) is 0 Å². The number of ether oxygens (including phenoxy) is 1. The zero-order chi connectivity index (χ0) is 20.5. The largest absolute Gasteiger partial charge is 0.492 e. The predicted octanol–water partition coefficient (Wildman–Crippen LogP) is 4.07. The van der Waals surface area contributed by atoms with Crippen LogP contribution >= 0.6 is 11.3 Å². The fourth-order valence-electron chi connectivity index (χ4n) is 4.34. The van der Waals surface area contributed by atoms with Crippen LogP contribution in [0, 0.1) is 11.3 Å². The van der Waals surface area contributed by atoms with Crippen molar-refractivity contribution in [2.45, 2.75) is 38.1 Å². The van der Waals surface area contributed by atoms with E-state index in [2.05, 4.69) is 36.3 Å². The van der Waals surface area contributed by atoms with Crippen molar-refractivity contribution in [2.24, 2.45) is 11.3 Å². The molecule has 0 N–H and O–H groups in total. The lowest BCUT2D eigenvalue weighted by molar-refractivity contribution is 0.0314. The quantitative estimate of drug-likeness (QED) is 0.728. The number of nitrogens with zero attached hydrogens (tertiary/aromatic N) is 2. The topological polar surface area (TPSA) is 49.9 Å². The highest BCUT2D eigenvalue weighted by atomic mass is 32.2. The molecule has 0 aliphatic carbocycles. The van der Waals surface area contributed by atoms with E-state index >= 15 is 0 Å². The van der Waals surface area contributed by atoms with Crippen LogP contribution in [0.25, 0.3) is 0 Å². The molecule has 4 rings (SSSR count). The van der Waals surface area contributed by atoms with Crippen LogP contribution in [0.1, 0.15) is 31.6 Å². The molecular weight excluding hydrogens is 404 g/mol. The van der Waals surface area contributed by atoms with Gasteiger partial charge in [0.15, 0.2) is 0 Å². The number of benzene rings is 1. The van der Waals surface area contributed by atoms with Crippen LogP contribution in [-0.4, -0.2) is 50.4 Å². The average molecular weight is 435 g/mol. The van der Waals surface area contributed by atoms with Gasteiger partial charge in [0.05, 0.1) is 6.61 Å². The Labute approximate surface area is 178 Å². The molecule has 1 spiro atoms. The SMILES string of the molecule is CC(C)CN1CC2(CCN(Cc3cccs3)CC2)COc2ccccc2S1(=O)=O. The molecule has 3 heterocycles. The number of fused-ring (bicyclic) bond motifs is 1. The van der Waals surface area contributed by atoms with E-state index < -0.39 is 10.0 Å². The fraction of sp³-hybridized carbons (Fsp3) is 0.545. The maximum absolute atomic E-state index is 13.5. The second-order valence-corrected chi connectivity index (χ2v) is 11.7. The van der Waals surface area contributed by atoms with Crippen LogP contribution in [0.3, 0.4) is 0 Å². The van der Waals surface area contributed by atoms with Gasteiger partial charge in [-0.15, -0.1) is 11.3 Å². The zero-order valence-corrected chi connectivity index (χ0v) is 18.8. The summed E-state index contributed by atoms with van der Waals surface area (Å²) < 4.78 is 34.7. The van der Waals surface area contributed by atoms with E-state index in [1.165, 1.54) is 4.88 Å². The molecule has 5 nitrogen and oxygen atoms in total. The lowest BCUT2D eigenvalue weighted by Gasteiger charge is -2.45. The van der Waals surface area contributed by atoms with Gasteiger partial charge in [0, 0.05) is 29.9 Å². The number of likely N-dealkylation sites (tertiary alicyclic amines) is 1. The van der Waals surface area contributed by atoms with E-state index in [0.717, 1.165) is 32.5 Å². The van der Waals surface area contributed by atoms with E-state index in [1.54, 1.807) is 33.8 Å². The van der Waals surface area contributed by atoms with Crippen molar-refractivity contribution in [3.05, 3.63) is 46.7 Å². The summed E-state index contributed by atoms with van der Waals surface area (Å²) in [5.41, 5.74) is -0.137. The summed E-state index contributed by atoms with van der Waals surface area (Å²) in [5.74, 6) is 0.759. The predicted molar refractivity (Wildman–Crippen MR) is 117 cm³/mol. The molecule has 1 aromatic carbocycles. The second kappa shape index (κ2) is 8.38. The number of thiophene rings is 1. The smallest absolute Gasteiger partial charge is 0.246 e. The molecule has 158 valence electrons. The Bertz CT molecular complexity index is 917. The third-order valence-electron chi connectivity index (χ3n) is 5.96. The van der Waals surface area contributed by atoms with Crippen LogP contribution < -0.4 is 4.74 Å². The Morgan fingerprint density at radius 3 is 2.59 bits per heavy atom. The number of sulfonamides is 1. The fourth-order valence-corrected chi connectivity index (χ4v) is 6.93. The van der Waals surface area contributed by atoms with Gasteiger partial charge in [0.2, 0.25) is 10.0 Å². The van der Waals surface area contributed by atoms with Crippen LogP contribution in [0.15, 0.2) is 46.7 Å². The van der Waals surface area contributed by atoms with Crippen LogP contribution in [0.2, 0.25) is 0 Å². The second-order valence-electron chi connectivity index (χ2n) is 8.78. The van der Waals surface area contributed by atoms with Gasteiger partial charge in [0.1, 0.15) is 10.6 Å². The van der Waals surface area contributed by atoms with E-state index in [4.69, 9.17) is 4.74 Å². The number of rotatable bonds is 4. The first-order valence-electron chi connectivity index (χ1n) is 10.3. The summed E-state index contributed by atoms with van der Waals surface area (Å²) in [6, 6.07) is 11.3. The average Bonchev–Trinajstić information content (AvgIpc) is 3.20. The maximum atomic E-state index is 13.5. The Balaban J connectivity index is 1.57. The summed E-state index contributed by atoms with van der Waals surface area (Å²) in [7, 11) is -3.57. The van der Waals surface area contributed by atoms with Gasteiger partial charge in [-0.1, -0.05) is 32.0 Å². The van der Waals surface area contributed by atoms with Gasteiger partial charge in [-0.3, -0.25) is 4.90 Å². The highest BCUT2D eigenvalue weighted by Gasteiger charge is 2.42. The van der Waals surface area contributed by atoms with Crippen LogP contribution in [0.4, 0.5) is 0 Å². The number of para-hydroxylation sites is 1.